The number of carbonyl (C=O) groups is 2. The van der Waals surface area contributed by atoms with Crippen molar-refractivity contribution >= 4 is 21.8 Å². The van der Waals surface area contributed by atoms with Gasteiger partial charge in [-0.1, -0.05) is 12.1 Å². The van der Waals surface area contributed by atoms with Gasteiger partial charge in [-0.2, -0.15) is 0 Å². The van der Waals surface area contributed by atoms with Gasteiger partial charge in [0.05, 0.1) is 11.3 Å². The summed E-state index contributed by atoms with van der Waals surface area (Å²) in [4.78, 5) is 28.2. The number of piperidine rings is 1. The largest absolute Gasteiger partial charge is 0.375 e. The fourth-order valence-corrected chi connectivity index (χ4v) is 5.18. The molecule has 1 atom stereocenters. The highest BCUT2D eigenvalue weighted by atomic mass is 32.2. The summed E-state index contributed by atoms with van der Waals surface area (Å²) in [5.74, 6) is -3.12. The summed E-state index contributed by atoms with van der Waals surface area (Å²) in [7, 11) is -2.55. The Morgan fingerprint density at radius 3 is 2.65 bits per heavy atom. The number of hydrazine groups is 1. The Balaban J connectivity index is 1.67. The molecule has 0 radical (unpaired) electrons. The summed E-state index contributed by atoms with van der Waals surface area (Å²) in [6.07, 6.45) is 1.26. The Hall–Kier alpha value is -2.89. The molecule has 1 aliphatic rings. The van der Waals surface area contributed by atoms with Gasteiger partial charge >= 0.3 is 0 Å². The quantitative estimate of drug-likeness (QED) is 0.548. The number of amides is 2. The van der Waals surface area contributed by atoms with Gasteiger partial charge in [-0.15, -0.1) is 4.83 Å². The number of halogens is 2. The van der Waals surface area contributed by atoms with Gasteiger partial charge in [0.2, 0.25) is 15.9 Å². The van der Waals surface area contributed by atoms with Crippen LogP contribution >= 0.6 is 0 Å². The van der Waals surface area contributed by atoms with Crippen LogP contribution in [0.4, 0.5) is 8.78 Å². The van der Waals surface area contributed by atoms with Gasteiger partial charge in [-0.05, 0) is 66.6 Å². The van der Waals surface area contributed by atoms with E-state index in [0.29, 0.717) is 30.5 Å². The van der Waals surface area contributed by atoms with Crippen molar-refractivity contribution in [3.05, 3.63) is 59.2 Å². The van der Waals surface area contributed by atoms with Gasteiger partial charge in [-0.3, -0.25) is 15.0 Å². The first-order valence-corrected chi connectivity index (χ1v) is 12.4. The third kappa shape index (κ3) is 6.58. The predicted octanol–water partition coefficient (Wildman–Crippen LogP) is 2.39. The zero-order chi connectivity index (χ0) is 24.9. The van der Waals surface area contributed by atoms with E-state index in [1.807, 2.05) is 10.3 Å². The Kier molecular flexibility index (Phi) is 8.34. The number of methoxy groups -OCH3 is 1. The van der Waals surface area contributed by atoms with Crippen LogP contribution in [0, 0.1) is 24.5 Å². The van der Waals surface area contributed by atoms with E-state index in [1.165, 1.54) is 44.4 Å². The van der Waals surface area contributed by atoms with Gasteiger partial charge in [-0.25, -0.2) is 17.2 Å². The molecule has 11 heteroatoms. The summed E-state index contributed by atoms with van der Waals surface area (Å²) < 4.78 is 58.1. The second kappa shape index (κ2) is 11.0. The Morgan fingerprint density at radius 1 is 1.18 bits per heavy atom. The molecule has 2 aromatic rings. The first-order chi connectivity index (χ1) is 16.1. The number of hydrogen-bond acceptors (Lipinski definition) is 5. The van der Waals surface area contributed by atoms with E-state index in [0.717, 1.165) is 0 Å². The van der Waals surface area contributed by atoms with Crippen LogP contribution in [0.25, 0.3) is 11.1 Å². The maximum absolute atomic E-state index is 14.6. The predicted molar refractivity (Wildman–Crippen MR) is 122 cm³/mol. The molecule has 184 valence electrons. The number of hydrogen-bond donors (Lipinski definition) is 2. The standard InChI is InChI=1S/C23H27F2N3O5S/c1-15-9-18(17-6-3-7-19(24)10-17)11-20(22(15)25)23(30)26-27-34(31,32)14-16-5-4-8-28(12-16)21(29)13-33-2/h3,6-7,9-11,16,27H,4-5,8,12-14H2,1-2H3,(H,26,30). The molecule has 34 heavy (non-hydrogen) atoms. The van der Waals surface area contributed by atoms with Crippen LogP contribution in [0.3, 0.4) is 0 Å². The number of benzene rings is 2. The maximum atomic E-state index is 14.6. The number of nitrogens with one attached hydrogen (secondary N) is 2. The molecular formula is C23H27F2N3O5S. The van der Waals surface area contributed by atoms with Crippen LogP contribution in [-0.2, 0) is 19.6 Å². The Morgan fingerprint density at radius 2 is 1.94 bits per heavy atom. The molecule has 0 spiro atoms. The van der Waals surface area contributed by atoms with Gasteiger partial charge < -0.3 is 9.64 Å². The van der Waals surface area contributed by atoms with Gasteiger partial charge in [0.25, 0.3) is 5.91 Å². The third-order valence-corrected chi connectivity index (χ3v) is 6.90. The van der Waals surface area contributed by atoms with E-state index < -0.39 is 27.6 Å². The zero-order valence-electron chi connectivity index (χ0n) is 18.9. The second-order valence-electron chi connectivity index (χ2n) is 8.28. The highest BCUT2D eigenvalue weighted by Gasteiger charge is 2.28. The van der Waals surface area contributed by atoms with Crippen molar-refractivity contribution in [1.29, 1.82) is 0 Å². The summed E-state index contributed by atoms with van der Waals surface area (Å²) in [6, 6.07) is 8.34. The van der Waals surface area contributed by atoms with E-state index in [2.05, 4.69) is 0 Å². The van der Waals surface area contributed by atoms with E-state index in [9.17, 15) is 26.8 Å². The first kappa shape index (κ1) is 25.7. The van der Waals surface area contributed by atoms with Crippen molar-refractivity contribution in [3.63, 3.8) is 0 Å². The minimum atomic E-state index is -3.96. The number of likely N-dealkylation sites (tertiary alicyclic amines) is 1. The molecular weight excluding hydrogens is 468 g/mol. The van der Waals surface area contributed by atoms with Crippen molar-refractivity contribution in [2.24, 2.45) is 5.92 Å². The van der Waals surface area contributed by atoms with Crippen molar-refractivity contribution in [1.82, 2.24) is 15.2 Å². The molecule has 1 heterocycles. The molecule has 0 bridgehead atoms. The Bertz CT molecular complexity index is 1170. The van der Waals surface area contributed by atoms with E-state index in [-0.39, 0.29) is 41.9 Å². The molecule has 2 amide bonds. The van der Waals surface area contributed by atoms with E-state index in [1.54, 1.807) is 11.0 Å². The number of ether oxygens (including phenoxy) is 1. The lowest BCUT2D eigenvalue weighted by Gasteiger charge is -2.32. The van der Waals surface area contributed by atoms with E-state index in [4.69, 9.17) is 4.74 Å². The summed E-state index contributed by atoms with van der Waals surface area (Å²) in [5, 5.41) is 0. The minimum Gasteiger partial charge on any atom is -0.375 e. The third-order valence-electron chi connectivity index (χ3n) is 5.57. The lowest BCUT2D eigenvalue weighted by molar-refractivity contribution is -0.136. The molecule has 0 aromatic heterocycles. The molecule has 1 unspecified atom stereocenters. The van der Waals surface area contributed by atoms with Crippen molar-refractivity contribution in [2.45, 2.75) is 19.8 Å². The highest BCUT2D eigenvalue weighted by Crippen LogP contribution is 2.25. The smallest absolute Gasteiger partial charge is 0.269 e. The zero-order valence-corrected chi connectivity index (χ0v) is 19.8. The second-order valence-corrected chi connectivity index (χ2v) is 10.1. The Labute approximate surface area is 197 Å². The van der Waals surface area contributed by atoms with Gasteiger partial charge in [0, 0.05) is 20.2 Å². The minimum absolute atomic E-state index is 0.0759. The molecule has 1 aliphatic heterocycles. The summed E-state index contributed by atoms with van der Waals surface area (Å²) >= 11 is 0. The van der Waals surface area contributed by atoms with Crippen molar-refractivity contribution < 1.29 is 31.5 Å². The van der Waals surface area contributed by atoms with Crippen LogP contribution < -0.4 is 10.3 Å². The monoisotopic (exact) mass is 495 g/mol. The molecule has 0 aliphatic carbocycles. The highest BCUT2D eigenvalue weighted by molar-refractivity contribution is 7.89. The van der Waals surface area contributed by atoms with E-state index >= 15 is 0 Å². The van der Waals surface area contributed by atoms with Gasteiger partial charge in [0.1, 0.15) is 18.2 Å². The number of carbonyl (C=O) groups excluding carboxylic acids is 2. The van der Waals surface area contributed by atoms with Crippen LogP contribution in [-0.4, -0.2) is 57.7 Å². The molecule has 1 saturated heterocycles. The average molecular weight is 496 g/mol. The van der Waals surface area contributed by atoms with Crippen molar-refractivity contribution in [3.8, 4) is 11.1 Å². The fraction of sp³-hybridized carbons (Fsp3) is 0.391. The summed E-state index contributed by atoms with van der Waals surface area (Å²) in [5.41, 5.74) is 2.68. The van der Waals surface area contributed by atoms with Crippen LogP contribution in [0.5, 0.6) is 0 Å². The number of rotatable bonds is 8. The number of sulfonamides is 1. The van der Waals surface area contributed by atoms with Crippen LogP contribution in [0.2, 0.25) is 0 Å². The molecule has 3 rings (SSSR count). The maximum Gasteiger partial charge on any atom is 0.269 e. The molecule has 1 fully saturated rings. The average Bonchev–Trinajstić information content (AvgIpc) is 2.79. The molecule has 0 saturated carbocycles. The lowest BCUT2D eigenvalue weighted by atomic mass is 9.99. The SMILES string of the molecule is COCC(=O)N1CCCC(CS(=O)(=O)NNC(=O)c2cc(-c3cccc(F)c3)cc(C)c2F)C1. The first-order valence-electron chi connectivity index (χ1n) is 10.7. The van der Waals surface area contributed by atoms with Crippen LogP contribution in [0.1, 0.15) is 28.8 Å². The van der Waals surface area contributed by atoms with Gasteiger partial charge in [0.15, 0.2) is 0 Å². The molecule has 2 N–H and O–H groups in total. The fourth-order valence-electron chi connectivity index (χ4n) is 3.96. The van der Waals surface area contributed by atoms with Crippen molar-refractivity contribution in [2.75, 3.05) is 32.6 Å². The molecule has 2 aromatic carbocycles. The number of nitrogens with zero attached hydrogens (tertiary/aromatic N) is 1. The lowest BCUT2D eigenvalue weighted by Crippen LogP contribution is -2.47. The molecule has 8 nitrogen and oxygen atoms in total. The summed E-state index contributed by atoms with van der Waals surface area (Å²) in [6.45, 7) is 2.18. The normalized spacial score (nSPS) is 16.4. The van der Waals surface area contributed by atoms with Crippen LogP contribution in [0.15, 0.2) is 36.4 Å². The number of aryl methyl sites for hydroxylation is 1. The topological polar surface area (TPSA) is 105 Å².